The van der Waals surface area contributed by atoms with Gasteiger partial charge in [-0.1, -0.05) is 25.1 Å². The van der Waals surface area contributed by atoms with Crippen molar-refractivity contribution in [2.24, 2.45) is 0 Å². The van der Waals surface area contributed by atoms with Gasteiger partial charge in [0.1, 0.15) is 4.90 Å². The molecule has 0 spiro atoms. The zero-order chi connectivity index (χ0) is 16.4. The van der Waals surface area contributed by atoms with E-state index in [0.717, 1.165) is 24.0 Å². The van der Waals surface area contributed by atoms with E-state index in [9.17, 15) is 8.42 Å². The first kappa shape index (κ1) is 16.0. The van der Waals surface area contributed by atoms with Gasteiger partial charge in [-0.05, 0) is 30.9 Å². The number of rotatable bonds is 5. The van der Waals surface area contributed by atoms with E-state index in [1.165, 1.54) is 6.20 Å². The van der Waals surface area contributed by atoms with Gasteiger partial charge in [0.05, 0.1) is 24.5 Å². The van der Waals surface area contributed by atoms with Crippen LogP contribution in [0.25, 0.3) is 0 Å². The van der Waals surface area contributed by atoms with Crippen molar-refractivity contribution in [1.29, 1.82) is 0 Å². The quantitative estimate of drug-likeness (QED) is 0.911. The third-order valence-electron chi connectivity index (χ3n) is 4.14. The lowest BCUT2D eigenvalue weighted by atomic mass is 10.1. The molecule has 124 valence electrons. The minimum absolute atomic E-state index is 0.114. The second-order valence-corrected chi connectivity index (χ2v) is 7.42. The number of nitrogens with zero attached hydrogens (tertiary/aromatic N) is 2. The van der Waals surface area contributed by atoms with E-state index in [1.807, 2.05) is 32.0 Å². The molecule has 0 saturated carbocycles. The molecule has 2 aromatic rings. The van der Waals surface area contributed by atoms with Gasteiger partial charge in [0, 0.05) is 12.8 Å². The number of para-hydroxylation sites is 1. The summed E-state index contributed by atoms with van der Waals surface area (Å²) < 4.78 is 35.0. The number of anilines is 1. The zero-order valence-electron chi connectivity index (χ0n) is 13.3. The predicted octanol–water partition coefficient (Wildman–Crippen LogP) is 2.52. The smallest absolute Gasteiger partial charge is 0.265 e. The highest BCUT2D eigenvalue weighted by Crippen LogP contribution is 2.25. The molecule has 7 heteroatoms. The van der Waals surface area contributed by atoms with Crippen molar-refractivity contribution in [3.63, 3.8) is 0 Å². The summed E-state index contributed by atoms with van der Waals surface area (Å²) in [4.78, 5) is 0.176. The van der Waals surface area contributed by atoms with Gasteiger partial charge in [-0.15, -0.1) is 0 Å². The summed E-state index contributed by atoms with van der Waals surface area (Å²) in [5.41, 5.74) is 2.54. The summed E-state index contributed by atoms with van der Waals surface area (Å²) >= 11 is 0. The average molecular weight is 335 g/mol. The third-order valence-corrected chi connectivity index (χ3v) is 5.45. The molecule has 0 bridgehead atoms. The molecule has 0 aliphatic carbocycles. The first-order valence-electron chi connectivity index (χ1n) is 7.74. The molecule has 1 N–H and O–H groups in total. The van der Waals surface area contributed by atoms with Gasteiger partial charge in [-0.25, -0.2) is 8.42 Å². The van der Waals surface area contributed by atoms with Gasteiger partial charge in [0.15, 0.2) is 0 Å². The average Bonchev–Trinajstić information content (AvgIpc) is 3.20. The lowest BCUT2D eigenvalue weighted by Crippen LogP contribution is -2.15. The summed E-state index contributed by atoms with van der Waals surface area (Å²) in [6.07, 6.45) is 4.58. The fraction of sp³-hybridized carbons (Fsp3) is 0.438. The molecule has 1 aromatic heterocycles. The van der Waals surface area contributed by atoms with Crippen LogP contribution in [-0.4, -0.2) is 31.4 Å². The van der Waals surface area contributed by atoms with Crippen LogP contribution in [0.5, 0.6) is 0 Å². The van der Waals surface area contributed by atoms with Crippen LogP contribution in [0.2, 0.25) is 0 Å². The number of hydrogen-bond acceptors (Lipinski definition) is 4. The van der Waals surface area contributed by atoms with Gasteiger partial charge in [-0.2, -0.15) is 5.10 Å². The molecule has 1 atom stereocenters. The summed E-state index contributed by atoms with van der Waals surface area (Å²) in [7, 11) is -3.65. The van der Waals surface area contributed by atoms with E-state index in [4.69, 9.17) is 4.74 Å². The molecular formula is C16H21N3O3S. The van der Waals surface area contributed by atoms with Crippen LogP contribution in [0.15, 0.2) is 35.5 Å². The van der Waals surface area contributed by atoms with Gasteiger partial charge >= 0.3 is 0 Å². The molecule has 1 unspecified atom stereocenters. The minimum atomic E-state index is -3.65. The van der Waals surface area contributed by atoms with Crippen molar-refractivity contribution in [3.8, 4) is 0 Å². The Kier molecular flexibility index (Phi) is 4.41. The standard InChI is InChI=1S/C16H21N3O3S/c1-3-13-6-4-5-12(2)16(13)18-23(20,21)15-9-17-19(10-15)14-7-8-22-11-14/h4-6,9-10,14,18H,3,7-8,11H2,1-2H3. The Morgan fingerprint density at radius 2 is 2.26 bits per heavy atom. The number of aryl methyl sites for hydroxylation is 2. The normalized spacial score (nSPS) is 18.3. The van der Waals surface area contributed by atoms with Crippen molar-refractivity contribution in [2.45, 2.75) is 37.6 Å². The number of benzene rings is 1. The Morgan fingerprint density at radius 1 is 1.43 bits per heavy atom. The molecule has 3 rings (SSSR count). The van der Waals surface area contributed by atoms with Crippen LogP contribution in [0.4, 0.5) is 5.69 Å². The van der Waals surface area contributed by atoms with Crippen molar-refractivity contribution < 1.29 is 13.2 Å². The summed E-state index contributed by atoms with van der Waals surface area (Å²) in [5.74, 6) is 0. The largest absolute Gasteiger partial charge is 0.379 e. The number of ether oxygens (including phenoxy) is 1. The molecule has 1 aliphatic heterocycles. The first-order valence-corrected chi connectivity index (χ1v) is 9.23. The number of nitrogens with one attached hydrogen (secondary N) is 1. The van der Waals surface area contributed by atoms with Crippen molar-refractivity contribution in [2.75, 3.05) is 17.9 Å². The molecule has 23 heavy (non-hydrogen) atoms. The predicted molar refractivity (Wildman–Crippen MR) is 88.1 cm³/mol. The fourth-order valence-electron chi connectivity index (χ4n) is 2.75. The van der Waals surface area contributed by atoms with Crippen LogP contribution in [0.1, 0.15) is 30.5 Å². The molecule has 1 aliphatic rings. The number of sulfonamides is 1. The molecule has 0 amide bonds. The summed E-state index contributed by atoms with van der Waals surface area (Å²) in [6, 6.07) is 5.88. The Labute approximate surface area is 136 Å². The lowest BCUT2D eigenvalue weighted by molar-refractivity contribution is 0.184. The summed E-state index contributed by atoms with van der Waals surface area (Å²) in [5, 5.41) is 4.19. The van der Waals surface area contributed by atoms with E-state index >= 15 is 0 Å². The van der Waals surface area contributed by atoms with Crippen LogP contribution in [0, 0.1) is 6.92 Å². The van der Waals surface area contributed by atoms with Gasteiger partial charge < -0.3 is 4.74 Å². The second kappa shape index (κ2) is 6.33. The monoisotopic (exact) mass is 335 g/mol. The maximum atomic E-state index is 12.7. The van der Waals surface area contributed by atoms with Gasteiger partial charge in [0.2, 0.25) is 0 Å². The van der Waals surface area contributed by atoms with Gasteiger partial charge in [-0.3, -0.25) is 9.40 Å². The lowest BCUT2D eigenvalue weighted by Gasteiger charge is -2.13. The highest BCUT2D eigenvalue weighted by molar-refractivity contribution is 7.92. The minimum Gasteiger partial charge on any atom is -0.379 e. The molecule has 1 fully saturated rings. The van der Waals surface area contributed by atoms with Crippen LogP contribution in [-0.2, 0) is 21.2 Å². The highest BCUT2D eigenvalue weighted by Gasteiger charge is 2.23. The first-order chi connectivity index (χ1) is 11.0. The van der Waals surface area contributed by atoms with E-state index in [2.05, 4.69) is 9.82 Å². The number of aromatic nitrogens is 2. The number of hydrogen-bond donors (Lipinski definition) is 1. The Morgan fingerprint density at radius 3 is 2.96 bits per heavy atom. The van der Waals surface area contributed by atoms with Gasteiger partial charge in [0.25, 0.3) is 10.0 Å². The summed E-state index contributed by atoms with van der Waals surface area (Å²) in [6.45, 7) is 5.17. The fourth-order valence-corrected chi connectivity index (χ4v) is 3.86. The van der Waals surface area contributed by atoms with Crippen molar-refractivity contribution in [1.82, 2.24) is 9.78 Å². The van der Waals surface area contributed by atoms with Crippen molar-refractivity contribution in [3.05, 3.63) is 41.7 Å². The van der Waals surface area contributed by atoms with E-state index in [1.54, 1.807) is 10.9 Å². The topological polar surface area (TPSA) is 73.2 Å². The van der Waals surface area contributed by atoms with E-state index in [-0.39, 0.29) is 10.9 Å². The van der Waals surface area contributed by atoms with E-state index < -0.39 is 10.0 Å². The van der Waals surface area contributed by atoms with Crippen LogP contribution < -0.4 is 4.72 Å². The molecule has 1 aromatic carbocycles. The van der Waals surface area contributed by atoms with E-state index in [0.29, 0.717) is 18.9 Å². The molecule has 1 saturated heterocycles. The zero-order valence-corrected chi connectivity index (χ0v) is 14.1. The molecule has 6 nitrogen and oxygen atoms in total. The highest BCUT2D eigenvalue weighted by atomic mass is 32.2. The Bertz CT molecular complexity index is 793. The Balaban J connectivity index is 1.88. The van der Waals surface area contributed by atoms with Crippen LogP contribution >= 0.6 is 0 Å². The third kappa shape index (κ3) is 3.25. The van der Waals surface area contributed by atoms with Crippen LogP contribution in [0.3, 0.4) is 0 Å². The Hall–Kier alpha value is -1.86. The second-order valence-electron chi connectivity index (χ2n) is 5.74. The maximum Gasteiger partial charge on any atom is 0.265 e. The SMILES string of the molecule is CCc1cccc(C)c1NS(=O)(=O)c1cnn(C2CCOC2)c1. The molecular weight excluding hydrogens is 314 g/mol. The van der Waals surface area contributed by atoms with Crippen molar-refractivity contribution >= 4 is 15.7 Å². The molecule has 0 radical (unpaired) electrons. The molecule has 2 heterocycles. The maximum absolute atomic E-state index is 12.7.